The summed E-state index contributed by atoms with van der Waals surface area (Å²) in [5.41, 5.74) is 17.2. The van der Waals surface area contributed by atoms with E-state index >= 15 is 0 Å². The van der Waals surface area contributed by atoms with E-state index in [4.69, 9.17) is 19.4 Å². The fraction of sp³-hybridized carbons (Fsp3) is 0. The molecule has 0 unspecified atom stereocenters. The molecule has 0 fully saturated rings. The summed E-state index contributed by atoms with van der Waals surface area (Å²) >= 11 is 0. The van der Waals surface area contributed by atoms with Gasteiger partial charge in [-0.1, -0.05) is 188 Å². The number of nitrogens with zero attached hydrogens (tertiary/aromatic N) is 7. The van der Waals surface area contributed by atoms with Crippen molar-refractivity contribution in [2.24, 2.45) is 0 Å². The predicted octanol–water partition coefficient (Wildman–Crippen LogP) is 19.2. The second-order valence-corrected chi connectivity index (χ2v) is 21.5. The molecule has 0 aliphatic rings. The standard InChI is InChI=1S/C75H45N7O/c1-5-23-46(24-6-1)73-76-74(47-25-7-2-8-26-47)78-75(77-73)48-43-51(81-59-36-18-13-31-53(59)54-41-42-64-65(69(54)81)58-35-17-22-40-63(58)83-64)45-52(44-48)82-62-39-21-16-34-57(62)68-71-66(55-32-14-19-37-60(55)79(71)49-27-9-3-10-28-49)70-67(72(68)82)56-33-15-20-38-61(56)80(70)50-29-11-4-12-30-50/h1-45H. The molecule has 0 bridgehead atoms. The average molecular weight is 1060 g/mol. The van der Waals surface area contributed by atoms with Gasteiger partial charge in [-0.05, 0) is 84.9 Å². The largest absolute Gasteiger partial charge is 0.456 e. The maximum Gasteiger partial charge on any atom is 0.164 e. The van der Waals surface area contributed by atoms with Crippen LogP contribution >= 0.6 is 0 Å². The second kappa shape index (κ2) is 17.6. The third-order valence-corrected chi connectivity index (χ3v) is 16.9. The van der Waals surface area contributed by atoms with Gasteiger partial charge in [-0.25, -0.2) is 15.0 Å². The number of hydrogen-bond acceptors (Lipinski definition) is 4. The van der Waals surface area contributed by atoms with E-state index in [-0.39, 0.29) is 0 Å². The maximum absolute atomic E-state index is 6.69. The Labute approximate surface area is 474 Å². The third kappa shape index (κ3) is 6.60. The lowest BCUT2D eigenvalue weighted by atomic mass is 10.0. The topological polar surface area (TPSA) is 71.5 Å². The van der Waals surface area contributed by atoms with Gasteiger partial charge in [0.05, 0.1) is 49.5 Å². The van der Waals surface area contributed by atoms with Crippen LogP contribution in [0.3, 0.4) is 0 Å². The Morgan fingerprint density at radius 3 is 1.07 bits per heavy atom. The summed E-state index contributed by atoms with van der Waals surface area (Å²) < 4.78 is 16.7. The van der Waals surface area contributed by atoms with Crippen LogP contribution in [0.1, 0.15) is 0 Å². The van der Waals surface area contributed by atoms with Crippen molar-refractivity contribution in [3.63, 3.8) is 0 Å². The van der Waals surface area contributed by atoms with Crippen molar-refractivity contribution in [3.05, 3.63) is 273 Å². The van der Waals surface area contributed by atoms with E-state index in [1.165, 1.54) is 10.8 Å². The van der Waals surface area contributed by atoms with Crippen LogP contribution in [0, 0.1) is 0 Å². The Morgan fingerprint density at radius 1 is 0.229 bits per heavy atom. The number of fused-ring (bicyclic) bond motifs is 19. The maximum atomic E-state index is 6.69. The SMILES string of the molecule is c1ccc(-c2nc(-c3ccccc3)nc(-c3cc(-n4c5ccccc5c5ccc6oc7ccccc7c6c54)cc(-n4c5ccccc5c5c6c(c7ccccc7n6-c6ccccc6)c6c(c7ccccc7n6-c6ccccc6)c54)c3)n2)cc1. The van der Waals surface area contributed by atoms with Crippen molar-refractivity contribution in [3.8, 4) is 56.9 Å². The predicted molar refractivity (Wildman–Crippen MR) is 341 cm³/mol. The molecule has 8 heteroatoms. The van der Waals surface area contributed by atoms with Crippen molar-refractivity contribution < 1.29 is 4.42 Å². The molecule has 18 aromatic rings. The summed E-state index contributed by atoms with van der Waals surface area (Å²) in [5.74, 6) is 1.74. The lowest BCUT2D eigenvalue weighted by molar-refractivity contribution is 0.669. The molecule has 0 saturated carbocycles. The van der Waals surface area contributed by atoms with E-state index < -0.39 is 0 Å². The van der Waals surface area contributed by atoms with Crippen molar-refractivity contribution in [2.45, 2.75) is 0 Å². The van der Waals surface area contributed by atoms with Crippen LogP contribution in [0.5, 0.6) is 0 Å². The molecule has 6 aromatic heterocycles. The van der Waals surface area contributed by atoms with Crippen LogP contribution in [-0.2, 0) is 0 Å². The molecule has 0 aliphatic carbocycles. The molecular formula is C75H45N7O. The van der Waals surface area contributed by atoms with Crippen molar-refractivity contribution in [1.29, 1.82) is 0 Å². The van der Waals surface area contributed by atoms with Crippen LogP contribution in [0.25, 0.3) is 166 Å². The highest BCUT2D eigenvalue weighted by Crippen LogP contribution is 2.51. The number of furan rings is 1. The minimum atomic E-state index is 0.554. The van der Waals surface area contributed by atoms with Crippen LogP contribution in [-0.4, -0.2) is 33.2 Å². The summed E-state index contributed by atoms with van der Waals surface area (Å²) in [6.45, 7) is 0. The highest BCUT2D eigenvalue weighted by atomic mass is 16.3. The van der Waals surface area contributed by atoms with Crippen LogP contribution in [0.2, 0.25) is 0 Å². The number of hydrogen-bond donors (Lipinski definition) is 0. The van der Waals surface area contributed by atoms with Gasteiger partial charge < -0.3 is 22.7 Å². The normalized spacial score (nSPS) is 12.1. The van der Waals surface area contributed by atoms with Gasteiger partial charge in [0.25, 0.3) is 0 Å². The number of benzene rings is 12. The Balaban J connectivity index is 1.07. The fourth-order valence-corrected chi connectivity index (χ4v) is 13.6. The van der Waals surface area contributed by atoms with Gasteiger partial charge in [0.15, 0.2) is 17.5 Å². The smallest absolute Gasteiger partial charge is 0.164 e. The molecular weight excluding hydrogens is 1010 g/mol. The molecule has 0 radical (unpaired) electrons. The van der Waals surface area contributed by atoms with Crippen molar-refractivity contribution in [1.82, 2.24) is 33.2 Å². The first-order valence-electron chi connectivity index (χ1n) is 28.1. The van der Waals surface area contributed by atoms with E-state index in [1.54, 1.807) is 0 Å². The number of para-hydroxylation sites is 7. The zero-order valence-corrected chi connectivity index (χ0v) is 44.5. The molecule has 0 spiro atoms. The van der Waals surface area contributed by atoms with Gasteiger partial charge in [-0.15, -0.1) is 0 Å². The Bertz CT molecular complexity index is 5550. The highest BCUT2D eigenvalue weighted by Gasteiger charge is 2.30. The van der Waals surface area contributed by atoms with Crippen LogP contribution < -0.4 is 0 Å². The minimum Gasteiger partial charge on any atom is -0.456 e. The zero-order chi connectivity index (χ0) is 54.3. The van der Waals surface area contributed by atoms with Crippen molar-refractivity contribution in [2.75, 3.05) is 0 Å². The summed E-state index contributed by atoms with van der Waals surface area (Å²) in [6.07, 6.45) is 0. The Morgan fingerprint density at radius 2 is 0.590 bits per heavy atom. The average Bonchev–Trinajstić information content (AvgIpc) is 1.59. The monoisotopic (exact) mass is 1060 g/mol. The van der Waals surface area contributed by atoms with Gasteiger partial charge in [-0.2, -0.15) is 0 Å². The van der Waals surface area contributed by atoms with E-state index in [1.807, 2.05) is 42.5 Å². The van der Waals surface area contributed by atoms with E-state index in [0.717, 1.165) is 138 Å². The minimum absolute atomic E-state index is 0.554. The van der Waals surface area contributed by atoms with Gasteiger partial charge in [0.1, 0.15) is 11.2 Å². The van der Waals surface area contributed by atoms with E-state index in [9.17, 15) is 0 Å². The molecule has 0 saturated heterocycles. The van der Waals surface area contributed by atoms with Crippen molar-refractivity contribution >= 4 is 109 Å². The molecule has 0 atom stereocenters. The molecule has 0 N–H and O–H groups in total. The van der Waals surface area contributed by atoms with Gasteiger partial charge >= 0.3 is 0 Å². The molecule has 83 heavy (non-hydrogen) atoms. The van der Waals surface area contributed by atoms with Crippen LogP contribution in [0.15, 0.2) is 277 Å². The van der Waals surface area contributed by atoms with E-state index in [0.29, 0.717) is 17.5 Å². The van der Waals surface area contributed by atoms with Gasteiger partial charge in [-0.3, -0.25) is 0 Å². The Kier molecular flexibility index (Phi) is 9.64. The first-order valence-corrected chi connectivity index (χ1v) is 28.1. The van der Waals surface area contributed by atoms with E-state index in [2.05, 4.69) is 249 Å². The lowest BCUT2D eigenvalue weighted by Gasteiger charge is -2.17. The summed E-state index contributed by atoms with van der Waals surface area (Å²) in [5, 5.41) is 11.4. The fourth-order valence-electron chi connectivity index (χ4n) is 13.6. The van der Waals surface area contributed by atoms with Gasteiger partial charge in [0, 0.05) is 87.9 Å². The van der Waals surface area contributed by atoms with Gasteiger partial charge in [0.2, 0.25) is 0 Å². The quantitative estimate of drug-likeness (QED) is 0.159. The number of aromatic nitrogens is 7. The molecule has 18 rings (SSSR count). The van der Waals surface area contributed by atoms with Crippen LogP contribution in [0.4, 0.5) is 0 Å². The highest BCUT2D eigenvalue weighted by molar-refractivity contribution is 6.40. The molecule has 0 aliphatic heterocycles. The third-order valence-electron chi connectivity index (χ3n) is 16.9. The number of rotatable bonds is 7. The molecule has 8 nitrogen and oxygen atoms in total. The molecule has 6 heterocycles. The molecule has 0 amide bonds. The summed E-state index contributed by atoms with van der Waals surface area (Å²) in [6, 6.07) is 97.4. The molecule has 12 aromatic carbocycles. The first-order chi connectivity index (χ1) is 41.2. The zero-order valence-electron chi connectivity index (χ0n) is 44.5. The summed E-state index contributed by atoms with van der Waals surface area (Å²) in [7, 11) is 0. The Hall–Kier alpha value is -11.4. The summed E-state index contributed by atoms with van der Waals surface area (Å²) in [4.78, 5) is 16.1. The first kappa shape index (κ1) is 45.5. The lowest BCUT2D eigenvalue weighted by Crippen LogP contribution is -2.04. The molecule has 386 valence electrons. The second-order valence-electron chi connectivity index (χ2n) is 21.5.